The van der Waals surface area contributed by atoms with Crippen molar-refractivity contribution < 1.29 is 8.42 Å². The molecule has 12 aromatic rings. The first-order chi connectivity index (χ1) is 29.6. The van der Waals surface area contributed by atoms with E-state index in [1.807, 2.05) is 18.2 Å². The topological polar surface area (TPSA) is 48.9 Å². The second-order valence-corrected chi connectivity index (χ2v) is 17.5. The molecule has 0 fully saturated rings. The highest BCUT2D eigenvalue weighted by molar-refractivity contribution is 7.92. The Morgan fingerprint density at radius 1 is 0.317 bits per heavy atom. The van der Waals surface area contributed by atoms with E-state index in [1.165, 1.54) is 21.5 Å². The molecule has 1 aliphatic heterocycles. The van der Waals surface area contributed by atoms with Crippen molar-refractivity contribution in [3.63, 3.8) is 0 Å². The van der Waals surface area contributed by atoms with Crippen molar-refractivity contribution in [3.8, 4) is 39.3 Å². The Bertz CT molecular complexity index is 3840. The average molecular weight is 788 g/mol. The van der Waals surface area contributed by atoms with Gasteiger partial charge in [-0.25, -0.2) is 8.42 Å². The minimum atomic E-state index is -3.59. The van der Waals surface area contributed by atoms with E-state index in [0.717, 1.165) is 83.2 Å². The summed E-state index contributed by atoms with van der Waals surface area (Å²) in [4.78, 5) is 0.730. The predicted octanol–water partition coefficient (Wildman–Crippen LogP) is 13.5. The van der Waals surface area contributed by atoms with Crippen LogP contribution in [-0.4, -0.2) is 22.1 Å². The third-order valence-corrected chi connectivity index (χ3v) is 14.4. The molecule has 9 aromatic carbocycles. The summed E-state index contributed by atoms with van der Waals surface area (Å²) in [5, 5.41) is 7.01. The molecular weight excluding hydrogens is 755 g/mol. The first-order valence-corrected chi connectivity index (χ1v) is 21.7. The molecule has 5 nitrogen and oxygen atoms in total. The number of hydrogen-bond acceptors (Lipinski definition) is 2. The van der Waals surface area contributed by atoms with Crippen LogP contribution in [0.3, 0.4) is 0 Å². The number of nitrogens with zero attached hydrogens (tertiary/aromatic N) is 3. The van der Waals surface area contributed by atoms with E-state index >= 15 is 0 Å². The van der Waals surface area contributed by atoms with E-state index < -0.39 is 9.84 Å². The van der Waals surface area contributed by atoms with E-state index in [4.69, 9.17) is 0 Å². The van der Waals surface area contributed by atoms with Gasteiger partial charge in [-0.3, -0.25) is 0 Å². The van der Waals surface area contributed by atoms with Gasteiger partial charge in [-0.15, -0.1) is 0 Å². The molecule has 13 rings (SSSR count). The highest BCUT2D eigenvalue weighted by Gasteiger charge is 2.33. The molecule has 3 aromatic heterocycles. The normalized spacial score (nSPS) is 13.3. The zero-order valence-electron chi connectivity index (χ0n) is 32.1. The molecule has 0 saturated heterocycles. The molecule has 0 amide bonds. The summed E-state index contributed by atoms with van der Waals surface area (Å²) in [5.41, 5.74) is 13.5. The molecule has 60 heavy (non-hydrogen) atoms. The minimum Gasteiger partial charge on any atom is -0.308 e. The molecule has 0 saturated carbocycles. The lowest BCUT2D eigenvalue weighted by Crippen LogP contribution is -1.97. The fourth-order valence-corrected chi connectivity index (χ4v) is 11.8. The lowest BCUT2D eigenvalue weighted by atomic mass is 9.97. The Kier molecular flexibility index (Phi) is 6.76. The van der Waals surface area contributed by atoms with Crippen LogP contribution < -0.4 is 0 Å². The molecular formula is C54H33N3O2S. The van der Waals surface area contributed by atoms with Crippen LogP contribution >= 0.6 is 0 Å². The number of sulfone groups is 1. The monoisotopic (exact) mass is 787 g/mol. The van der Waals surface area contributed by atoms with E-state index in [0.29, 0.717) is 9.79 Å². The van der Waals surface area contributed by atoms with Gasteiger partial charge in [0, 0.05) is 60.5 Å². The first-order valence-electron chi connectivity index (χ1n) is 20.2. The summed E-state index contributed by atoms with van der Waals surface area (Å²) >= 11 is 0. The van der Waals surface area contributed by atoms with Crippen molar-refractivity contribution in [2.45, 2.75) is 9.79 Å². The third-order valence-electron chi connectivity index (χ3n) is 12.5. The van der Waals surface area contributed by atoms with E-state index in [2.05, 4.69) is 177 Å². The van der Waals surface area contributed by atoms with Gasteiger partial charge in [0.15, 0.2) is 0 Å². The fourth-order valence-electron chi connectivity index (χ4n) is 10.1. The van der Waals surface area contributed by atoms with Gasteiger partial charge in [-0.05, 0) is 90.0 Å². The SMILES string of the molecule is O=S1(=O)c2ccccc2-c2cc(-c3ccc4c(c3)c3c5c(c6ccccc6n5-c5ccccc5)c5c(c6ccccc6n5-c5ccccc5)c3n4-c3ccccc3)ccc21. The number of para-hydroxylation sites is 5. The smallest absolute Gasteiger partial charge is 0.207 e. The molecule has 1 aliphatic rings. The minimum absolute atomic E-state index is 0.362. The van der Waals surface area contributed by atoms with Crippen molar-refractivity contribution in [1.82, 2.24) is 13.7 Å². The molecule has 6 heteroatoms. The van der Waals surface area contributed by atoms with E-state index in [1.54, 1.807) is 18.2 Å². The molecule has 0 unspecified atom stereocenters. The van der Waals surface area contributed by atoms with Crippen molar-refractivity contribution in [1.29, 1.82) is 0 Å². The number of aromatic nitrogens is 3. The molecule has 4 heterocycles. The summed E-state index contributed by atoms with van der Waals surface area (Å²) in [6.45, 7) is 0. The maximum absolute atomic E-state index is 13.6. The standard InChI is InChI=1S/C54H33N3O2S/c58-60(59)47-27-15-12-22-39(47)42-32-35(29-31-48(42)60)34-28-30-46-43(33-34)51-53-49(41-24-11-14-26-45(41)56(53)37-18-6-2-7-19-37)52-50(54(51)57(46)38-20-8-3-9-21-38)40-23-10-13-25-44(40)55(52)36-16-4-1-5-17-36/h1-33H. The van der Waals surface area contributed by atoms with Crippen LogP contribution in [0, 0.1) is 0 Å². The van der Waals surface area contributed by atoms with Gasteiger partial charge in [0.2, 0.25) is 9.84 Å². The predicted molar refractivity (Wildman–Crippen MR) is 246 cm³/mol. The van der Waals surface area contributed by atoms with Crippen LogP contribution in [0.1, 0.15) is 0 Å². The molecule has 0 bridgehead atoms. The lowest BCUT2D eigenvalue weighted by Gasteiger charge is -2.13. The number of hydrogen-bond donors (Lipinski definition) is 0. The summed E-state index contributed by atoms with van der Waals surface area (Å²) in [6.07, 6.45) is 0. The molecule has 0 N–H and O–H groups in total. The molecule has 282 valence electrons. The Morgan fingerprint density at radius 2 is 0.717 bits per heavy atom. The quantitative estimate of drug-likeness (QED) is 0.178. The van der Waals surface area contributed by atoms with E-state index in [9.17, 15) is 8.42 Å². The van der Waals surface area contributed by atoms with Crippen LogP contribution in [-0.2, 0) is 9.84 Å². The zero-order valence-corrected chi connectivity index (χ0v) is 32.9. The molecule has 0 spiro atoms. The van der Waals surface area contributed by atoms with Crippen LogP contribution in [0.15, 0.2) is 210 Å². The van der Waals surface area contributed by atoms with Crippen molar-refractivity contribution in [2.75, 3.05) is 0 Å². The van der Waals surface area contributed by atoms with Gasteiger partial charge >= 0.3 is 0 Å². The Hall–Kier alpha value is -7.67. The second-order valence-electron chi connectivity index (χ2n) is 15.7. The summed E-state index contributed by atoms with van der Waals surface area (Å²) in [7, 11) is -3.59. The Balaban J connectivity index is 1.28. The van der Waals surface area contributed by atoms with E-state index in [-0.39, 0.29) is 0 Å². The summed E-state index contributed by atoms with van der Waals surface area (Å²) in [6, 6.07) is 69.6. The average Bonchev–Trinajstić information content (AvgIpc) is 4.00. The highest BCUT2D eigenvalue weighted by Crippen LogP contribution is 2.51. The Labute approximate surface area is 345 Å². The van der Waals surface area contributed by atoms with Gasteiger partial charge in [0.05, 0.1) is 42.9 Å². The van der Waals surface area contributed by atoms with Crippen molar-refractivity contribution in [2.24, 2.45) is 0 Å². The van der Waals surface area contributed by atoms with Crippen molar-refractivity contribution in [3.05, 3.63) is 200 Å². The van der Waals surface area contributed by atoms with Crippen LogP contribution in [0.2, 0.25) is 0 Å². The van der Waals surface area contributed by atoms with Crippen LogP contribution in [0.5, 0.6) is 0 Å². The fraction of sp³-hybridized carbons (Fsp3) is 0. The second kappa shape index (κ2) is 12.2. The largest absolute Gasteiger partial charge is 0.308 e. The maximum atomic E-state index is 13.6. The molecule has 0 atom stereocenters. The van der Waals surface area contributed by atoms with Gasteiger partial charge in [-0.1, -0.05) is 121 Å². The number of rotatable bonds is 4. The summed E-state index contributed by atoms with van der Waals surface area (Å²) in [5.74, 6) is 0. The van der Waals surface area contributed by atoms with Crippen molar-refractivity contribution >= 4 is 75.3 Å². The lowest BCUT2D eigenvalue weighted by molar-refractivity contribution is 0.598. The highest BCUT2D eigenvalue weighted by atomic mass is 32.2. The third kappa shape index (κ3) is 4.37. The maximum Gasteiger partial charge on any atom is 0.207 e. The number of fused-ring (bicyclic) bond motifs is 15. The number of benzene rings is 9. The Morgan fingerprint density at radius 3 is 1.27 bits per heavy atom. The van der Waals surface area contributed by atoms with Crippen LogP contribution in [0.25, 0.3) is 105 Å². The summed E-state index contributed by atoms with van der Waals surface area (Å²) < 4.78 is 34.6. The first kappa shape index (κ1) is 33.3. The molecule has 0 aliphatic carbocycles. The van der Waals surface area contributed by atoms with Gasteiger partial charge < -0.3 is 13.7 Å². The molecule has 0 radical (unpaired) electrons. The van der Waals surface area contributed by atoms with Gasteiger partial charge in [0.25, 0.3) is 0 Å². The van der Waals surface area contributed by atoms with Gasteiger partial charge in [0.1, 0.15) is 0 Å². The zero-order chi connectivity index (χ0) is 39.7. The van der Waals surface area contributed by atoms with Crippen LogP contribution in [0.4, 0.5) is 0 Å². The van der Waals surface area contributed by atoms with Gasteiger partial charge in [-0.2, -0.15) is 0 Å².